The minimum Gasteiger partial charge on any atom is -0.493 e. The van der Waals surface area contributed by atoms with Crippen LogP contribution in [0.3, 0.4) is 0 Å². The number of piperidine rings is 1. The summed E-state index contributed by atoms with van der Waals surface area (Å²) < 4.78 is 10.7. The van der Waals surface area contributed by atoms with Gasteiger partial charge in [0, 0.05) is 17.5 Å². The first kappa shape index (κ1) is 24.5. The molecule has 1 aromatic heterocycles. The molecule has 2 unspecified atom stereocenters. The molecule has 7 nitrogen and oxygen atoms in total. The lowest BCUT2D eigenvalue weighted by atomic mass is 9.92. The van der Waals surface area contributed by atoms with Crippen LogP contribution in [-0.4, -0.2) is 49.5 Å². The Morgan fingerprint density at radius 2 is 1.81 bits per heavy atom. The zero-order valence-electron chi connectivity index (χ0n) is 20.6. The van der Waals surface area contributed by atoms with E-state index in [-0.39, 0.29) is 17.7 Å². The Bertz CT molecular complexity index is 1230. The summed E-state index contributed by atoms with van der Waals surface area (Å²) in [5.74, 6) is 0.958. The number of nitrogens with zero attached hydrogens (tertiary/aromatic N) is 1. The lowest BCUT2D eigenvalue weighted by molar-refractivity contribution is 0.0823. The third-order valence-electron chi connectivity index (χ3n) is 6.81. The number of carbonyl (C=O) groups excluding carboxylic acids is 2. The second-order valence-electron chi connectivity index (χ2n) is 9.31. The largest absolute Gasteiger partial charge is 0.493 e. The van der Waals surface area contributed by atoms with Gasteiger partial charge >= 0.3 is 0 Å². The predicted molar refractivity (Wildman–Crippen MR) is 140 cm³/mol. The number of thiazole rings is 1. The predicted octanol–water partition coefficient (Wildman–Crippen LogP) is 4.83. The van der Waals surface area contributed by atoms with E-state index in [0.717, 1.165) is 54.1 Å². The zero-order chi connectivity index (χ0) is 25.1. The van der Waals surface area contributed by atoms with Crippen LogP contribution in [0.15, 0.2) is 48.5 Å². The first-order valence-electron chi connectivity index (χ1n) is 12.5. The highest BCUT2D eigenvalue weighted by atomic mass is 32.1. The van der Waals surface area contributed by atoms with Gasteiger partial charge in [0.05, 0.1) is 24.1 Å². The van der Waals surface area contributed by atoms with Crippen molar-refractivity contribution in [2.45, 2.75) is 50.1 Å². The van der Waals surface area contributed by atoms with Crippen LogP contribution in [0.2, 0.25) is 0 Å². The van der Waals surface area contributed by atoms with Crippen molar-refractivity contribution in [1.82, 2.24) is 15.6 Å². The first-order chi connectivity index (χ1) is 17.6. The van der Waals surface area contributed by atoms with Crippen molar-refractivity contribution in [3.63, 3.8) is 0 Å². The van der Waals surface area contributed by atoms with Gasteiger partial charge in [0.25, 0.3) is 5.91 Å². The van der Waals surface area contributed by atoms with E-state index in [9.17, 15) is 9.59 Å². The van der Waals surface area contributed by atoms with Crippen LogP contribution in [0.25, 0.3) is 10.4 Å². The van der Waals surface area contributed by atoms with E-state index in [1.165, 1.54) is 7.11 Å². The molecule has 2 aliphatic rings. The highest BCUT2D eigenvalue weighted by Gasteiger charge is 2.37. The number of Topliss-reactive ketones (excluding diaryl/α,β-unsaturated/α-hetero) is 1. The van der Waals surface area contributed by atoms with Crippen molar-refractivity contribution in [3.8, 4) is 21.9 Å². The van der Waals surface area contributed by atoms with Crippen molar-refractivity contribution in [1.29, 1.82) is 0 Å². The number of aromatic nitrogens is 1. The van der Waals surface area contributed by atoms with Gasteiger partial charge in [-0.3, -0.25) is 9.59 Å². The fraction of sp³-hybridized carbons (Fsp3) is 0.393. The second kappa shape index (κ2) is 10.8. The minimum atomic E-state index is -0.734. The summed E-state index contributed by atoms with van der Waals surface area (Å²) in [4.78, 5) is 33.2. The Hall–Kier alpha value is -3.23. The van der Waals surface area contributed by atoms with E-state index in [4.69, 9.17) is 14.5 Å². The Morgan fingerprint density at radius 3 is 2.47 bits per heavy atom. The molecule has 188 valence electrons. The van der Waals surface area contributed by atoms with Crippen LogP contribution in [0.5, 0.6) is 11.5 Å². The molecule has 2 N–H and O–H groups in total. The molecule has 0 radical (unpaired) electrons. The number of benzene rings is 2. The Balaban J connectivity index is 1.48. The van der Waals surface area contributed by atoms with E-state index < -0.39 is 6.04 Å². The SMILES string of the molecule is COc1ccc(C(=O)NC(C(=O)c2nc(C3CC3)sc2-c2ccccc2)C2CCCCN2)cc1OC. The summed E-state index contributed by atoms with van der Waals surface area (Å²) in [6, 6.07) is 14.0. The molecule has 1 aliphatic heterocycles. The van der Waals surface area contributed by atoms with E-state index >= 15 is 0 Å². The molecule has 2 aromatic carbocycles. The number of ether oxygens (including phenoxy) is 2. The lowest BCUT2D eigenvalue weighted by Crippen LogP contribution is -2.55. The monoisotopic (exact) mass is 505 g/mol. The first-order valence-corrected chi connectivity index (χ1v) is 13.3. The Kier molecular flexibility index (Phi) is 7.34. The van der Waals surface area contributed by atoms with Gasteiger partial charge in [0.2, 0.25) is 5.78 Å². The molecule has 1 saturated heterocycles. The third kappa shape index (κ3) is 5.15. The van der Waals surface area contributed by atoms with Crippen LogP contribution in [-0.2, 0) is 0 Å². The molecule has 5 rings (SSSR count). The molecular formula is C28H31N3O4S. The van der Waals surface area contributed by atoms with Crippen molar-refractivity contribution < 1.29 is 19.1 Å². The van der Waals surface area contributed by atoms with Gasteiger partial charge < -0.3 is 20.1 Å². The van der Waals surface area contributed by atoms with E-state index in [1.54, 1.807) is 36.6 Å². The Morgan fingerprint density at radius 1 is 1.03 bits per heavy atom. The van der Waals surface area contributed by atoms with Gasteiger partial charge in [0.1, 0.15) is 11.7 Å². The molecule has 1 amide bonds. The maximum absolute atomic E-state index is 14.1. The summed E-state index contributed by atoms with van der Waals surface area (Å²) in [7, 11) is 3.08. The number of methoxy groups -OCH3 is 2. The fourth-order valence-electron chi connectivity index (χ4n) is 4.66. The number of ketones is 1. The molecule has 1 aliphatic carbocycles. The molecule has 3 aromatic rings. The Labute approximate surface area is 215 Å². The highest BCUT2D eigenvalue weighted by molar-refractivity contribution is 7.15. The highest BCUT2D eigenvalue weighted by Crippen LogP contribution is 2.45. The van der Waals surface area contributed by atoms with Gasteiger partial charge in [-0.15, -0.1) is 11.3 Å². The molecule has 0 spiro atoms. The number of nitrogens with one attached hydrogen (secondary N) is 2. The summed E-state index contributed by atoms with van der Waals surface area (Å²) in [6.45, 7) is 0.816. The van der Waals surface area contributed by atoms with Crippen molar-refractivity contribution >= 4 is 23.0 Å². The summed E-state index contributed by atoms with van der Waals surface area (Å²) >= 11 is 1.60. The maximum Gasteiger partial charge on any atom is 0.252 e. The van der Waals surface area contributed by atoms with Gasteiger partial charge in [-0.1, -0.05) is 36.8 Å². The number of hydrogen-bond donors (Lipinski definition) is 2. The zero-order valence-corrected chi connectivity index (χ0v) is 21.4. The third-order valence-corrected chi connectivity index (χ3v) is 8.07. The average Bonchev–Trinajstić information content (AvgIpc) is 3.69. The average molecular weight is 506 g/mol. The minimum absolute atomic E-state index is 0.148. The van der Waals surface area contributed by atoms with Gasteiger partial charge in [-0.05, 0) is 56.0 Å². The van der Waals surface area contributed by atoms with E-state index in [1.807, 2.05) is 30.3 Å². The molecule has 2 heterocycles. The quantitative estimate of drug-likeness (QED) is 0.405. The smallest absolute Gasteiger partial charge is 0.252 e. The maximum atomic E-state index is 14.1. The molecule has 0 bridgehead atoms. The topological polar surface area (TPSA) is 89.5 Å². The van der Waals surface area contributed by atoms with E-state index in [2.05, 4.69) is 10.6 Å². The van der Waals surface area contributed by atoms with Crippen LogP contribution in [0, 0.1) is 0 Å². The summed E-state index contributed by atoms with van der Waals surface area (Å²) in [5.41, 5.74) is 1.84. The number of rotatable bonds is 9. The number of amides is 1. The lowest BCUT2D eigenvalue weighted by Gasteiger charge is -2.31. The van der Waals surface area contributed by atoms with Gasteiger partial charge in [0.15, 0.2) is 11.5 Å². The van der Waals surface area contributed by atoms with E-state index in [0.29, 0.717) is 28.7 Å². The second-order valence-corrected chi connectivity index (χ2v) is 10.3. The molecule has 1 saturated carbocycles. The fourth-order valence-corrected chi connectivity index (χ4v) is 5.90. The van der Waals surface area contributed by atoms with Gasteiger partial charge in [-0.25, -0.2) is 4.98 Å². The molecule has 2 fully saturated rings. The van der Waals surface area contributed by atoms with Crippen molar-refractivity contribution in [2.24, 2.45) is 0 Å². The summed E-state index contributed by atoms with van der Waals surface area (Å²) in [5, 5.41) is 7.52. The number of hydrogen-bond acceptors (Lipinski definition) is 7. The molecule has 2 atom stereocenters. The number of carbonyl (C=O) groups is 2. The summed E-state index contributed by atoms with van der Waals surface area (Å²) in [6.07, 6.45) is 5.09. The van der Waals surface area contributed by atoms with Gasteiger partial charge in [-0.2, -0.15) is 0 Å². The van der Waals surface area contributed by atoms with Crippen LogP contribution in [0.1, 0.15) is 63.9 Å². The molecule has 36 heavy (non-hydrogen) atoms. The molecule has 8 heteroatoms. The van der Waals surface area contributed by atoms with Crippen molar-refractivity contribution in [3.05, 3.63) is 64.8 Å². The van der Waals surface area contributed by atoms with Crippen LogP contribution in [0.4, 0.5) is 0 Å². The van der Waals surface area contributed by atoms with Crippen LogP contribution < -0.4 is 20.1 Å². The van der Waals surface area contributed by atoms with Crippen molar-refractivity contribution in [2.75, 3.05) is 20.8 Å². The standard InChI is InChI=1S/C28H31N3O4S/c1-34-21-14-13-19(16-22(21)35-2)27(33)30-23(20-10-6-7-15-29-20)25(32)24-26(17-8-4-3-5-9-17)36-28(31-24)18-11-12-18/h3-5,8-9,13-14,16,18,20,23,29H,6-7,10-12,15H2,1-2H3,(H,30,33). The normalized spacial score (nSPS) is 18.3. The molecular weight excluding hydrogens is 474 g/mol. The van der Waals surface area contributed by atoms with Crippen LogP contribution >= 0.6 is 11.3 Å².